The average Bonchev–Trinajstić information content (AvgIpc) is 2.43. The summed E-state index contributed by atoms with van der Waals surface area (Å²) in [5.74, 6) is 1.45. The molecule has 0 fully saturated rings. The summed E-state index contributed by atoms with van der Waals surface area (Å²) < 4.78 is 10.5. The standard InChI is InChI=1S/C14H23N3O3/c1-10(16-6-7-17-14(15)18)8-11-4-5-12(19-2)13(9-11)20-3/h4-5,9-10,16H,6-8H2,1-3H3,(H3,15,17,18). The van der Waals surface area contributed by atoms with Crippen LogP contribution in [0.5, 0.6) is 11.5 Å². The predicted molar refractivity (Wildman–Crippen MR) is 78.3 cm³/mol. The van der Waals surface area contributed by atoms with Gasteiger partial charge in [-0.15, -0.1) is 0 Å². The molecule has 0 bridgehead atoms. The Morgan fingerprint density at radius 3 is 2.55 bits per heavy atom. The maximum Gasteiger partial charge on any atom is 0.312 e. The van der Waals surface area contributed by atoms with Crippen LogP contribution < -0.4 is 25.8 Å². The van der Waals surface area contributed by atoms with E-state index >= 15 is 0 Å². The van der Waals surface area contributed by atoms with Gasteiger partial charge in [-0.05, 0) is 31.0 Å². The number of urea groups is 1. The average molecular weight is 281 g/mol. The first-order chi connectivity index (χ1) is 9.56. The first kappa shape index (κ1) is 16.1. The molecule has 20 heavy (non-hydrogen) atoms. The van der Waals surface area contributed by atoms with Crippen molar-refractivity contribution in [3.63, 3.8) is 0 Å². The number of nitrogens with one attached hydrogen (secondary N) is 2. The van der Waals surface area contributed by atoms with Gasteiger partial charge in [-0.3, -0.25) is 0 Å². The summed E-state index contributed by atoms with van der Waals surface area (Å²) in [5, 5.41) is 5.85. The lowest BCUT2D eigenvalue weighted by atomic mass is 10.1. The minimum Gasteiger partial charge on any atom is -0.493 e. The summed E-state index contributed by atoms with van der Waals surface area (Å²) in [6, 6.07) is 5.66. The molecule has 1 unspecified atom stereocenters. The number of primary amides is 1. The van der Waals surface area contributed by atoms with E-state index in [1.165, 1.54) is 0 Å². The Hall–Kier alpha value is -1.95. The van der Waals surface area contributed by atoms with Gasteiger partial charge >= 0.3 is 6.03 Å². The van der Waals surface area contributed by atoms with Crippen molar-refractivity contribution in [2.75, 3.05) is 27.3 Å². The zero-order chi connectivity index (χ0) is 15.0. The van der Waals surface area contributed by atoms with Crippen LogP contribution >= 0.6 is 0 Å². The van der Waals surface area contributed by atoms with Crippen molar-refractivity contribution >= 4 is 6.03 Å². The van der Waals surface area contributed by atoms with E-state index < -0.39 is 6.03 Å². The van der Waals surface area contributed by atoms with E-state index in [1.54, 1.807) is 14.2 Å². The summed E-state index contributed by atoms with van der Waals surface area (Å²) in [6.45, 7) is 3.28. The molecule has 1 aromatic carbocycles. The fourth-order valence-electron chi connectivity index (χ4n) is 1.94. The third-order valence-corrected chi connectivity index (χ3v) is 2.91. The summed E-state index contributed by atoms with van der Waals surface area (Å²) in [5.41, 5.74) is 6.15. The minimum atomic E-state index is -0.501. The maximum absolute atomic E-state index is 10.5. The first-order valence-electron chi connectivity index (χ1n) is 6.54. The number of carbonyl (C=O) groups excluding carboxylic acids is 1. The molecule has 0 saturated heterocycles. The van der Waals surface area contributed by atoms with Crippen molar-refractivity contribution in [3.05, 3.63) is 23.8 Å². The lowest BCUT2D eigenvalue weighted by Crippen LogP contribution is -2.38. The van der Waals surface area contributed by atoms with Gasteiger partial charge in [0, 0.05) is 19.1 Å². The van der Waals surface area contributed by atoms with Gasteiger partial charge in [0.25, 0.3) is 0 Å². The summed E-state index contributed by atoms with van der Waals surface area (Å²) in [6.07, 6.45) is 0.858. The molecule has 0 heterocycles. The number of hydrogen-bond donors (Lipinski definition) is 3. The Balaban J connectivity index is 2.45. The second-order valence-electron chi connectivity index (χ2n) is 4.54. The van der Waals surface area contributed by atoms with Crippen LogP contribution in [0.2, 0.25) is 0 Å². The van der Waals surface area contributed by atoms with Crippen LogP contribution in [0.4, 0.5) is 4.79 Å². The Labute approximate surface area is 119 Å². The first-order valence-corrected chi connectivity index (χ1v) is 6.54. The Morgan fingerprint density at radius 1 is 1.25 bits per heavy atom. The number of rotatable bonds is 8. The molecule has 0 saturated carbocycles. The van der Waals surface area contributed by atoms with E-state index in [1.807, 2.05) is 18.2 Å². The van der Waals surface area contributed by atoms with Gasteiger partial charge in [-0.25, -0.2) is 4.79 Å². The number of amides is 2. The Kier molecular flexibility index (Phi) is 6.66. The van der Waals surface area contributed by atoms with Gasteiger partial charge in [0.2, 0.25) is 0 Å². The van der Waals surface area contributed by atoms with E-state index in [9.17, 15) is 4.79 Å². The van der Waals surface area contributed by atoms with Crippen LogP contribution in [0.25, 0.3) is 0 Å². The van der Waals surface area contributed by atoms with Crippen LogP contribution in [0.15, 0.2) is 18.2 Å². The van der Waals surface area contributed by atoms with Crippen molar-refractivity contribution in [3.8, 4) is 11.5 Å². The molecule has 0 aliphatic heterocycles. The molecule has 1 rings (SSSR count). The van der Waals surface area contributed by atoms with E-state index in [2.05, 4.69) is 17.6 Å². The normalized spacial score (nSPS) is 11.8. The third kappa shape index (κ3) is 5.36. The van der Waals surface area contributed by atoms with Crippen LogP contribution in [-0.4, -0.2) is 39.4 Å². The zero-order valence-electron chi connectivity index (χ0n) is 12.2. The van der Waals surface area contributed by atoms with Crippen LogP contribution in [0, 0.1) is 0 Å². The van der Waals surface area contributed by atoms with Crippen molar-refractivity contribution in [1.29, 1.82) is 0 Å². The Bertz CT molecular complexity index is 438. The van der Waals surface area contributed by atoms with Gasteiger partial charge in [0.1, 0.15) is 0 Å². The molecule has 0 aliphatic carbocycles. The van der Waals surface area contributed by atoms with E-state index in [0.29, 0.717) is 13.1 Å². The number of hydrogen-bond acceptors (Lipinski definition) is 4. The molecule has 6 nitrogen and oxygen atoms in total. The molecule has 0 radical (unpaired) electrons. The lowest BCUT2D eigenvalue weighted by Gasteiger charge is -2.15. The quantitative estimate of drug-likeness (QED) is 0.618. The highest BCUT2D eigenvalue weighted by Gasteiger charge is 2.07. The number of ether oxygens (including phenoxy) is 2. The van der Waals surface area contributed by atoms with Gasteiger partial charge < -0.3 is 25.8 Å². The largest absolute Gasteiger partial charge is 0.493 e. The predicted octanol–water partition coefficient (Wildman–Crippen LogP) is 0.893. The van der Waals surface area contributed by atoms with Gasteiger partial charge in [0.05, 0.1) is 14.2 Å². The molecule has 112 valence electrons. The van der Waals surface area contributed by atoms with Gasteiger partial charge in [0.15, 0.2) is 11.5 Å². The highest BCUT2D eigenvalue weighted by Crippen LogP contribution is 2.27. The maximum atomic E-state index is 10.5. The SMILES string of the molecule is COc1ccc(CC(C)NCCNC(N)=O)cc1OC. The van der Waals surface area contributed by atoms with Gasteiger partial charge in [-0.2, -0.15) is 0 Å². The second-order valence-corrected chi connectivity index (χ2v) is 4.54. The molecule has 0 spiro atoms. The van der Waals surface area contributed by atoms with Crippen molar-refractivity contribution < 1.29 is 14.3 Å². The minimum absolute atomic E-state index is 0.280. The molecule has 0 aromatic heterocycles. The number of methoxy groups -OCH3 is 2. The van der Waals surface area contributed by atoms with E-state index in [0.717, 1.165) is 23.5 Å². The van der Waals surface area contributed by atoms with Crippen molar-refractivity contribution in [1.82, 2.24) is 10.6 Å². The molecule has 1 aromatic rings. The molecule has 2 amide bonds. The number of benzene rings is 1. The fourth-order valence-corrected chi connectivity index (χ4v) is 1.94. The topological polar surface area (TPSA) is 85.6 Å². The fraction of sp³-hybridized carbons (Fsp3) is 0.500. The molecule has 0 aliphatic rings. The van der Waals surface area contributed by atoms with E-state index in [-0.39, 0.29) is 6.04 Å². The molecular formula is C14H23N3O3. The summed E-state index contributed by atoms with van der Waals surface area (Å²) in [4.78, 5) is 10.5. The molecule has 4 N–H and O–H groups in total. The molecule has 1 atom stereocenters. The van der Waals surface area contributed by atoms with Crippen LogP contribution in [-0.2, 0) is 6.42 Å². The van der Waals surface area contributed by atoms with Crippen molar-refractivity contribution in [2.24, 2.45) is 5.73 Å². The zero-order valence-corrected chi connectivity index (χ0v) is 12.2. The highest BCUT2D eigenvalue weighted by molar-refractivity contribution is 5.71. The third-order valence-electron chi connectivity index (χ3n) is 2.91. The van der Waals surface area contributed by atoms with Crippen LogP contribution in [0.3, 0.4) is 0 Å². The van der Waals surface area contributed by atoms with Gasteiger partial charge in [-0.1, -0.05) is 6.07 Å². The summed E-state index contributed by atoms with van der Waals surface area (Å²) in [7, 11) is 3.24. The highest BCUT2D eigenvalue weighted by atomic mass is 16.5. The smallest absolute Gasteiger partial charge is 0.312 e. The lowest BCUT2D eigenvalue weighted by molar-refractivity contribution is 0.249. The summed E-state index contributed by atoms with van der Waals surface area (Å²) >= 11 is 0. The van der Waals surface area contributed by atoms with E-state index in [4.69, 9.17) is 15.2 Å². The number of carbonyl (C=O) groups is 1. The monoisotopic (exact) mass is 281 g/mol. The second kappa shape index (κ2) is 8.27. The number of nitrogens with two attached hydrogens (primary N) is 1. The molecular weight excluding hydrogens is 258 g/mol. The van der Waals surface area contributed by atoms with Crippen molar-refractivity contribution in [2.45, 2.75) is 19.4 Å². The van der Waals surface area contributed by atoms with Crippen LogP contribution in [0.1, 0.15) is 12.5 Å². The Morgan fingerprint density at radius 2 is 1.95 bits per heavy atom. The molecule has 6 heteroatoms.